The number of amidine groups is 1. The first-order chi connectivity index (χ1) is 6.68. The summed E-state index contributed by atoms with van der Waals surface area (Å²) in [7, 11) is 0. The van der Waals surface area contributed by atoms with Crippen LogP contribution in [0.2, 0.25) is 0 Å². The molecule has 0 fully saturated rings. The summed E-state index contributed by atoms with van der Waals surface area (Å²) >= 11 is 0. The zero-order chi connectivity index (χ0) is 10.1. The minimum atomic E-state index is -0.0182. The molecule has 1 heterocycles. The van der Waals surface area contributed by atoms with E-state index in [9.17, 15) is 4.79 Å². The van der Waals surface area contributed by atoms with Crippen molar-refractivity contribution < 1.29 is 4.79 Å². The number of fused-ring (bicyclic) bond motifs is 1. The summed E-state index contributed by atoms with van der Waals surface area (Å²) in [5.74, 6) is 0.453. The standard InChI is InChI=1S/C10H11N3O.ClH/c1-7(14)13-6-10(11)12-8-4-2-3-5-9(8)13;/h2-5H,6H2,1H3,(H2,11,12);1H. The van der Waals surface area contributed by atoms with Gasteiger partial charge in [-0.3, -0.25) is 4.79 Å². The van der Waals surface area contributed by atoms with Gasteiger partial charge in [0.2, 0.25) is 5.91 Å². The van der Waals surface area contributed by atoms with Crippen molar-refractivity contribution in [1.29, 1.82) is 0 Å². The second kappa shape index (κ2) is 4.31. The van der Waals surface area contributed by atoms with Crippen molar-refractivity contribution in [2.75, 3.05) is 11.4 Å². The number of rotatable bonds is 0. The van der Waals surface area contributed by atoms with Gasteiger partial charge in [0.15, 0.2) is 0 Å². The van der Waals surface area contributed by atoms with Crippen molar-refractivity contribution in [3.8, 4) is 0 Å². The van der Waals surface area contributed by atoms with E-state index in [1.165, 1.54) is 6.92 Å². The molecule has 0 bridgehead atoms. The second-order valence-electron chi connectivity index (χ2n) is 3.20. The number of para-hydroxylation sites is 2. The van der Waals surface area contributed by atoms with E-state index in [1.54, 1.807) is 4.90 Å². The van der Waals surface area contributed by atoms with Crippen molar-refractivity contribution in [1.82, 2.24) is 0 Å². The average Bonchev–Trinajstić information content (AvgIpc) is 2.16. The summed E-state index contributed by atoms with van der Waals surface area (Å²) in [4.78, 5) is 17.1. The van der Waals surface area contributed by atoms with Crippen LogP contribution in [0.5, 0.6) is 0 Å². The monoisotopic (exact) mass is 225 g/mol. The molecule has 0 aliphatic carbocycles. The Morgan fingerprint density at radius 3 is 2.80 bits per heavy atom. The first-order valence-electron chi connectivity index (χ1n) is 4.38. The SMILES string of the molecule is CC(=O)N1CC(N)=Nc2ccccc21.Cl. The number of aliphatic imine (C=N–C) groups is 1. The van der Waals surface area contributed by atoms with Gasteiger partial charge in [-0.25, -0.2) is 4.99 Å². The fourth-order valence-corrected chi connectivity index (χ4v) is 1.51. The number of amides is 1. The third kappa shape index (κ3) is 2.10. The van der Waals surface area contributed by atoms with Crippen LogP contribution in [0.3, 0.4) is 0 Å². The van der Waals surface area contributed by atoms with Crippen LogP contribution in [0.1, 0.15) is 6.92 Å². The van der Waals surface area contributed by atoms with E-state index in [1.807, 2.05) is 24.3 Å². The minimum Gasteiger partial charge on any atom is -0.386 e. The predicted molar refractivity (Wildman–Crippen MR) is 63.0 cm³/mol. The molecule has 0 spiro atoms. The number of nitrogens with two attached hydrogens (primary N) is 1. The molecule has 0 saturated carbocycles. The smallest absolute Gasteiger partial charge is 0.224 e. The number of anilines is 1. The Morgan fingerprint density at radius 2 is 2.13 bits per heavy atom. The Labute approximate surface area is 94.2 Å². The van der Waals surface area contributed by atoms with Gasteiger partial charge in [-0.05, 0) is 12.1 Å². The number of hydrogen-bond donors (Lipinski definition) is 1. The van der Waals surface area contributed by atoms with Gasteiger partial charge >= 0.3 is 0 Å². The molecule has 0 atom stereocenters. The van der Waals surface area contributed by atoms with Gasteiger partial charge < -0.3 is 10.6 Å². The topological polar surface area (TPSA) is 58.7 Å². The summed E-state index contributed by atoms with van der Waals surface area (Å²) in [5.41, 5.74) is 7.22. The van der Waals surface area contributed by atoms with Gasteiger partial charge in [0.1, 0.15) is 5.84 Å². The molecular weight excluding hydrogens is 214 g/mol. The normalized spacial score (nSPS) is 13.7. The van der Waals surface area contributed by atoms with Crippen LogP contribution >= 0.6 is 12.4 Å². The van der Waals surface area contributed by atoms with E-state index in [0.29, 0.717) is 12.4 Å². The first kappa shape index (κ1) is 11.5. The maximum absolute atomic E-state index is 11.3. The zero-order valence-corrected chi connectivity index (χ0v) is 9.12. The summed E-state index contributed by atoms with van der Waals surface area (Å²) in [6.45, 7) is 1.90. The van der Waals surface area contributed by atoms with E-state index in [0.717, 1.165) is 11.4 Å². The van der Waals surface area contributed by atoms with Gasteiger partial charge in [-0.2, -0.15) is 0 Å². The number of carbonyl (C=O) groups is 1. The second-order valence-corrected chi connectivity index (χ2v) is 3.20. The van der Waals surface area contributed by atoms with Crippen molar-refractivity contribution in [3.05, 3.63) is 24.3 Å². The van der Waals surface area contributed by atoms with Gasteiger partial charge in [0, 0.05) is 6.92 Å². The zero-order valence-electron chi connectivity index (χ0n) is 8.30. The van der Waals surface area contributed by atoms with Crippen LogP contribution < -0.4 is 10.6 Å². The van der Waals surface area contributed by atoms with Crippen molar-refractivity contribution in [2.24, 2.45) is 10.7 Å². The summed E-state index contributed by atoms with van der Waals surface area (Å²) in [6.07, 6.45) is 0. The van der Waals surface area contributed by atoms with E-state index < -0.39 is 0 Å². The van der Waals surface area contributed by atoms with E-state index >= 15 is 0 Å². The van der Waals surface area contributed by atoms with Gasteiger partial charge in [-0.15, -0.1) is 12.4 Å². The number of carbonyl (C=O) groups excluding carboxylic acids is 1. The number of nitrogens with zero attached hydrogens (tertiary/aromatic N) is 2. The summed E-state index contributed by atoms with van der Waals surface area (Å²) in [6, 6.07) is 7.47. The lowest BCUT2D eigenvalue weighted by Crippen LogP contribution is -2.39. The first-order valence-corrected chi connectivity index (χ1v) is 4.38. The average molecular weight is 226 g/mol. The fraction of sp³-hybridized carbons (Fsp3) is 0.200. The highest BCUT2D eigenvalue weighted by molar-refractivity contribution is 6.04. The molecule has 80 valence electrons. The van der Waals surface area contributed by atoms with Crippen LogP contribution in [-0.4, -0.2) is 18.3 Å². The Bertz CT molecular complexity index is 417. The lowest BCUT2D eigenvalue weighted by Gasteiger charge is -2.25. The highest BCUT2D eigenvalue weighted by atomic mass is 35.5. The molecule has 4 nitrogen and oxygen atoms in total. The lowest BCUT2D eigenvalue weighted by atomic mass is 10.2. The Hall–Kier alpha value is -1.55. The molecule has 5 heteroatoms. The van der Waals surface area contributed by atoms with Crippen LogP contribution in [-0.2, 0) is 4.79 Å². The van der Waals surface area contributed by atoms with E-state index in [2.05, 4.69) is 4.99 Å². The molecule has 0 radical (unpaired) electrons. The summed E-state index contributed by atoms with van der Waals surface area (Å²) < 4.78 is 0. The Balaban J connectivity index is 0.00000112. The highest BCUT2D eigenvalue weighted by Crippen LogP contribution is 2.30. The van der Waals surface area contributed by atoms with Crippen molar-refractivity contribution in [3.63, 3.8) is 0 Å². The van der Waals surface area contributed by atoms with E-state index in [4.69, 9.17) is 5.73 Å². The molecule has 1 amide bonds. The molecule has 1 aromatic carbocycles. The van der Waals surface area contributed by atoms with Gasteiger partial charge in [0.25, 0.3) is 0 Å². The number of hydrogen-bond acceptors (Lipinski definition) is 3. The minimum absolute atomic E-state index is 0. The summed E-state index contributed by atoms with van der Waals surface area (Å²) in [5, 5.41) is 0. The lowest BCUT2D eigenvalue weighted by molar-refractivity contribution is -0.116. The molecule has 1 aliphatic heterocycles. The highest BCUT2D eigenvalue weighted by Gasteiger charge is 2.19. The molecule has 0 unspecified atom stereocenters. The van der Waals surface area contributed by atoms with Crippen molar-refractivity contribution in [2.45, 2.75) is 6.92 Å². The predicted octanol–water partition coefficient (Wildman–Crippen LogP) is 1.46. The molecule has 0 saturated heterocycles. The van der Waals surface area contributed by atoms with Crippen LogP contribution in [0, 0.1) is 0 Å². The van der Waals surface area contributed by atoms with Crippen LogP contribution in [0.4, 0.5) is 11.4 Å². The molecule has 15 heavy (non-hydrogen) atoms. The van der Waals surface area contributed by atoms with Gasteiger partial charge in [-0.1, -0.05) is 12.1 Å². The third-order valence-corrected chi connectivity index (χ3v) is 2.14. The number of benzene rings is 1. The van der Waals surface area contributed by atoms with Crippen molar-refractivity contribution >= 4 is 35.5 Å². The maximum atomic E-state index is 11.3. The largest absolute Gasteiger partial charge is 0.386 e. The molecule has 2 rings (SSSR count). The van der Waals surface area contributed by atoms with E-state index in [-0.39, 0.29) is 18.3 Å². The molecule has 1 aliphatic rings. The van der Waals surface area contributed by atoms with Crippen LogP contribution in [0.25, 0.3) is 0 Å². The molecule has 0 aromatic heterocycles. The Morgan fingerprint density at radius 1 is 1.47 bits per heavy atom. The van der Waals surface area contributed by atoms with Crippen LogP contribution in [0.15, 0.2) is 29.3 Å². The number of halogens is 1. The Kier molecular flexibility index (Phi) is 3.31. The molecule has 1 aromatic rings. The maximum Gasteiger partial charge on any atom is 0.224 e. The molecule has 2 N–H and O–H groups in total. The third-order valence-electron chi connectivity index (χ3n) is 2.14. The quantitative estimate of drug-likeness (QED) is 0.727. The molecular formula is C10H12ClN3O. The fourth-order valence-electron chi connectivity index (χ4n) is 1.51. The van der Waals surface area contributed by atoms with Gasteiger partial charge in [0.05, 0.1) is 17.9 Å².